The van der Waals surface area contributed by atoms with E-state index in [0.29, 0.717) is 12.1 Å². The highest BCUT2D eigenvalue weighted by molar-refractivity contribution is 5.40. The molecule has 1 fully saturated rings. The van der Waals surface area contributed by atoms with E-state index in [4.69, 9.17) is 4.74 Å². The number of nitrogens with zero attached hydrogens (tertiary/aromatic N) is 2. The smallest absolute Gasteiger partial charge is 0.129 e. The molecule has 1 saturated heterocycles. The van der Waals surface area contributed by atoms with Crippen LogP contribution < -0.4 is 4.90 Å². The third kappa shape index (κ3) is 1.73. The highest BCUT2D eigenvalue weighted by Gasteiger charge is 2.25. The highest BCUT2D eigenvalue weighted by atomic mass is 16.5. The standard InChI is InChI=1S/C11H16N2O/c1-9-7-14-8-10(2)13(9)11-5-3-4-6-12-11/h3-6,9-10H,7-8H2,1-2H3. The summed E-state index contributed by atoms with van der Waals surface area (Å²) in [5, 5.41) is 0. The van der Waals surface area contributed by atoms with Crippen molar-refractivity contribution >= 4 is 5.82 Å². The van der Waals surface area contributed by atoms with Crippen molar-refractivity contribution in [2.45, 2.75) is 25.9 Å². The summed E-state index contributed by atoms with van der Waals surface area (Å²) < 4.78 is 5.48. The lowest BCUT2D eigenvalue weighted by molar-refractivity contribution is 0.0752. The van der Waals surface area contributed by atoms with E-state index in [1.165, 1.54) is 0 Å². The van der Waals surface area contributed by atoms with Gasteiger partial charge in [0.15, 0.2) is 0 Å². The molecular formula is C11H16N2O. The molecule has 2 atom stereocenters. The predicted octanol–water partition coefficient (Wildman–Crippen LogP) is 1.70. The number of pyridine rings is 1. The van der Waals surface area contributed by atoms with Gasteiger partial charge in [0.25, 0.3) is 0 Å². The first-order valence-corrected chi connectivity index (χ1v) is 5.06. The molecule has 2 heterocycles. The van der Waals surface area contributed by atoms with Crippen molar-refractivity contribution in [2.75, 3.05) is 18.1 Å². The van der Waals surface area contributed by atoms with Gasteiger partial charge < -0.3 is 9.64 Å². The van der Waals surface area contributed by atoms with Gasteiger partial charge >= 0.3 is 0 Å². The van der Waals surface area contributed by atoms with E-state index in [-0.39, 0.29) is 0 Å². The number of aromatic nitrogens is 1. The lowest BCUT2D eigenvalue weighted by Gasteiger charge is -2.39. The number of rotatable bonds is 1. The van der Waals surface area contributed by atoms with Crippen LogP contribution >= 0.6 is 0 Å². The van der Waals surface area contributed by atoms with Crippen LogP contribution in [-0.2, 0) is 4.74 Å². The van der Waals surface area contributed by atoms with E-state index in [0.717, 1.165) is 19.0 Å². The summed E-state index contributed by atoms with van der Waals surface area (Å²) in [6.07, 6.45) is 1.84. The van der Waals surface area contributed by atoms with Gasteiger partial charge in [-0.25, -0.2) is 4.98 Å². The summed E-state index contributed by atoms with van der Waals surface area (Å²) in [5.74, 6) is 1.05. The summed E-state index contributed by atoms with van der Waals surface area (Å²) >= 11 is 0. The number of hydrogen-bond acceptors (Lipinski definition) is 3. The minimum absolute atomic E-state index is 0.411. The third-order valence-corrected chi connectivity index (χ3v) is 2.58. The first-order valence-electron chi connectivity index (χ1n) is 5.06. The lowest BCUT2D eigenvalue weighted by Crippen LogP contribution is -2.50. The molecule has 0 amide bonds. The molecule has 1 aliphatic heterocycles. The summed E-state index contributed by atoms with van der Waals surface area (Å²) in [7, 11) is 0. The molecule has 2 unspecified atom stereocenters. The first-order chi connectivity index (χ1) is 6.79. The fourth-order valence-electron chi connectivity index (χ4n) is 1.96. The Morgan fingerprint density at radius 3 is 2.57 bits per heavy atom. The van der Waals surface area contributed by atoms with Crippen molar-refractivity contribution in [2.24, 2.45) is 0 Å². The number of ether oxygens (including phenoxy) is 1. The molecule has 1 aromatic rings. The third-order valence-electron chi connectivity index (χ3n) is 2.58. The van der Waals surface area contributed by atoms with Crippen LogP contribution in [0, 0.1) is 0 Å². The average molecular weight is 192 g/mol. The monoisotopic (exact) mass is 192 g/mol. The van der Waals surface area contributed by atoms with E-state index in [9.17, 15) is 0 Å². The molecule has 1 aliphatic rings. The Balaban J connectivity index is 2.23. The Bertz CT molecular complexity index is 279. The topological polar surface area (TPSA) is 25.4 Å². The van der Waals surface area contributed by atoms with Crippen LogP contribution in [0.4, 0.5) is 5.82 Å². The highest BCUT2D eigenvalue weighted by Crippen LogP contribution is 2.20. The van der Waals surface area contributed by atoms with Crippen molar-refractivity contribution in [3.63, 3.8) is 0 Å². The second-order valence-electron chi connectivity index (χ2n) is 3.83. The van der Waals surface area contributed by atoms with Crippen LogP contribution in [0.1, 0.15) is 13.8 Å². The maximum atomic E-state index is 5.48. The van der Waals surface area contributed by atoms with Crippen LogP contribution in [0.5, 0.6) is 0 Å². The normalized spacial score (nSPS) is 27.7. The maximum absolute atomic E-state index is 5.48. The zero-order valence-electron chi connectivity index (χ0n) is 8.68. The van der Waals surface area contributed by atoms with Gasteiger partial charge in [0.05, 0.1) is 25.3 Å². The molecule has 2 rings (SSSR count). The quantitative estimate of drug-likeness (QED) is 0.677. The van der Waals surface area contributed by atoms with Crippen LogP contribution in [-0.4, -0.2) is 30.3 Å². The minimum Gasteiger partial charge on any atom is -0.377 e. The Kier molecular flexibility index (Phi) is 2.68. The zero-order valence-corrected chi connectivity index (χ0v) is 8.68. The molecule has 0 aromatic carbocycles. The zero-order chi connectivity index (χ0) is 9.97. The van der Waals surface area contributed by atoms with Gasteiger partial charge in [-0.3, -0.25) is 0 Å². The molecule has 76 valence electrons. The maximum Gasteiger partial charge on any atom is 0.129 e. The molecular weight excluding hydrogens is 176 g/mol. The second kappa shape index (κ2) is 3.96. The van der Waals surface area contributed by atoms with Crippen molar-refractivity contribution in [3.05, 3.63) is 24.4 Å². The van der Waals surface area contributed by atoms with Gasteiger partial charge in [0.1, 0.15) is 5.82 Å². The van der Waals surface area contributed by atoms with Crippen LogP contribution in [0.3, 0.4) is 0 Å². The Hall–Kier alpha value is -1.09. The lowest BCUT2D eigenvalue weighted by atomic mass is 10.1. The van der Waals surface area contributed by atoms with Crippen molar-refractivity contribution in [1.29, 1.82) is 0 Å². The first kappa shape index (κ1) is 9.46. The molecule has 0 bridgehead atoms. The van der Waals surface area contributed by atoms with E-state index < -0.39 is 0 Å². The number of morpholine rings is 1. The fraction of sp³-hybridized carbons (Fsp3) is 0.545. The molecule has 1 aromatic heterocycles. The van der Waals surface area contributed by atoms with Crippen LogP contribution in [0.25, 0.3) is 0 Å². The summed E-state index contributed by atoms with van der Waals surface area (Å²) in [6, 6.07) is 6.84. The van der Waals surface area contributed by atoms with Gasteiger partial charge in [-0.15, -0.1) is 0 Å². The van der Waals surface area contributed by atoms with Gasteiger partial charge in [-0.2, -0.15) is 0 Å². The molecule has 3 heteroatoms. The predicted molar refractivity (Wildman–Crippen MR) is 56.5 cm³/mol. The molecule has 3 nitrogen and oxygen atoms in total. The fourth-order valence-corrected chi connectivity index (χ4v) is 1.96. The minimum atomic E-state index is 0.411. The van der Waals surface area contributed by atoms with Gasteiger partial charge in [-0.05, 0) is 26.0 Å². The molecule has 14 heavy (non-hydrogen) atoms. The van der Waals surface area contributed by atoms with Gasteiger partial charge in [-0.1, -0.05) is 6.07 Å². The van der Waals surface area contributed by atoms with Crippen molar-refractivity contribution < 1.29 is 4.74 Å². The van der Waals surface area contributed by atoms with E-state index in [1.807, 2.05) is 18.3 Å². The molecule has 0 spiro atoms. The Labute approximate surface area is 84.7 Å². The largest absolute Gasteiger partial charge is 0.377 e. The number of anilines is 1. The van der Waals surface area contributed by atoms with Crippen LogP contribution in [0.2, 0.25) is 0 Å². The average Bonchev–Trinajstić information content (AvgIpc) is 2.19. The SMILES string of the molecule is CC1COCC(C)N1c1ccccn1. The van der Waals surface area contributed by atoms with Gasteiger partial charge in [0.2, 0.25) is 0 Å². The molecule has 0 saturated carbocycles. The van der Waals surface area contributed by atoms with E-state index in [1.54, 1.807) is 0 Å². The molecule has 0 radical (unpaired) electrons. The summed E-state index contributed by atoms with van der Waals surface area (Å²) in [6.45, 7) is 5.93. The second-order valence-corrected chi connectivity index (χ2v) is 3.83. The Morgan fingerprint density at radius 1 is 1.29 bits per heavy atom. The van der Waals surface area contributed by atoms with Crippen molar-refractivity contribution in [3.8, 4) is 0 Å². The summed E-state index contributed by atoms with van der Waals surface area (Å²) in [4.78, 5) is 6.70. The summed E-state index contributed by atoms with van der Waals surface area (Å²) in [5.41, 5.74) is 0. The van der Waals surface area contributed by atoms with E-state index in [2.05, 4.69) is 29.8 Å². The number of hydrogen-bond donors (Lipinski definition) is 0. The Morgan fingerprint density at radius 2 is 2.00 bits per heavy atom. The molecule has 0 N–H and O–H groups in total. The molecule has 0 aliphatic carbocycles. The van der Waals surface area contributed by atoms with E-state index >= 15 is 0 Å². The van der Waals surface area contributed by atoms with Crippen molar-refractivity contribution in [1.82, 2.24) is 4.98 Å². The van der Waals surface area contributed by atoms with Gasteiger partial charge in [0, 0.05) is 6.20 Å². The van der Waals surface area contributed by atoms with Crippen LogP contribution in [0.15, 0.2) is 24.4 Å².